The Kier molecular flexibility index (Phi) is 4.79. The highest BCUT2D eigenvalue weighted by Gasteiger charge is 2.41. The number of para-hydroxylation sites is 1. The largest absolute Gasteiger partial charge is 0.497 e. The summed E-state index contributed by atoms with van der Waals surface area (Å²) in [6.07, 6.45) is 2.19. The van der Waals surface area contributed by atoms with Crippen LogP contribution >= 0.6 is 0 Å². The quantitative estimate of drug-likeness (QED) is 0.447. The van der Waals surface area contributed by atoms with E-state index in [2.05, 4.69) is 22.8 Å². The molecule has 1 fully saturated rings. The number of rotatable bonds is 5. The molecule has 0 spiro atoms. The maximum atomic E-state index is 13.4. The average molecular weight is 410 g/mol. The third-order valence-corrected chi connectivity index (χ3v) is 5.85. The van der Waals surface area contributed by atoms with Crippen LogP contribution in [0.2, 0.25) is 0 Å². The van der Waals surface area contributed by atoms with Crippen molar-refractivity contribution in [1.82, 2.24) is 4.57 Å². The second-order valence-corrected chi connectivity index (χ2v) is 7.74. The first-order chi connectivity index (χ1) is 15.2. The van der Waals surface area contributed by atoms with Gasteiger partial charge >= 0.3 is 0 Å². The molecule has 1 saturated heterocycles. The summed E-state index contributed by atoms with van der Waals surface area (Å²) in [5.41, 5.74) is 3.68. The van der Waals surface area contributed by atoms with Crippen LogP contribution in [0.4, 0.5) is 5.69 Å². The Hall–Kier alpha value is -3.86. The van der Waals surface area contributed by atoms with E-state index in [1.165, 1.54) is 10.5 Å². The fraction of sp³-hybridized carbons (Fsp3) is 0.154. The number of fused-ring (bicyclic) bond motifs is 1. The number of ether oxygens (including phenoxy) is 1. The smallest absolute Gasteiger partial charge is 0.241 e. The first kappa shape index (κ1) is 19.1. The predicted octanol–water partition coefficient (Wildman–Crippen LogP) is 4.75. The molecule has 5 heteroatoms. The fourth-order valence-corrected chi connectivity index (χ4v) is 4.36. The zero-order chi connectivity index (χ0) is 21.4. The molecule has 154 valence electrons. The first-order valence-electron chi connectivity index (χ1n) is 10.3. The highest BCUT2D eigenvalue weighted by molar-refractivity contribution is 6.23. The monoisotopic (exact) mass is 410 g/mol. The third-order valence-electron chi connectivity index (χ3n) is 5.85. The molecule has 1 atom stereocenters. The molecule has 4 aromatic rings. The predicted molar refractivity (Wildman–Crippen MR) is 120 cm³/mol. The second-order valence-electron chi connectivity index (χ2n) is 7.74. The van der Waals surface area contributed by atoms with Gasteiger partial charge in [-0.3, -0.25) is 9.59 Å². The van der Waals surface area contributed by atoms with Gasteiger partial charge in [0.1, 0.15) is 5.75 Å². The Morgan fingerprint density at radius 1 is 0.935 bits per heavy atom. The highest BCUT2D eigenvalue weighted by Crippen LogP contribution is 2.38. The molecule has 1 aliphatic rings. The fourth-order valence-electron chi connectivity index (χ4n) is 4.36. The van der Waals surface area contributed by atoms with Crippen LogP contribution < -0.4 is 9.64 Å². The van der Waals surface area contributed by atoms with Gasteiger partial charge in [0.25, 0.3) is 0 Å². The molecule has 2 heterocycles. The van der Waals surface area contributed by atoms with Gasteiger partial charge in [0, 0.05) is 36.1 Å². The van der Waals surface area contributed by atoms with Crippen molar-refractivity contribution in [3.8, 4) is 5.75 Å². The van der Waals surface area contributed by atoms with Crippen molar-refractivity contribution in [2.75, 3.05) is 12.0 Å². The normalized spacial score (nSPS) is 16.3. The number of methoxy groups -OCH3 is 1. The lowest BCUT2D eigenvalue weighted by molar-refractivity contribution is -0.121. The Morgan fingerprint density at radius 2 is 1.71 bits per heavy atom. The highest BCUT2D eigenvalue weighted by atomic mass is 16.5. The Labute approximate surface area is 180 Å². The van der Waals surface area contributed by atoms with Crippen molar-refractivity contribution in [2.24, 2.45) is 0 Å². The summed E-state index contributed by atoms with van der Waals surface area (Å²) in [6, 6.07) is 25.3. The summed E-state index contributed by atoms with van der Waals surface area (Å²) in [6.45, 7) is 0.704. The molecule has 5 rings (SSSR count). The molecular formula is C26H22N2O3. The van der Waals surface area contributed by atoms with E-state index in [1.807, 2.05) is 42.6 Å². The van der Waals surface area contributed by atoms with Crippen LogP contribution in [0.15, 0.2) is 85.1 Å². The molecule has 1 aliphatic heterocycles. The van der Waals surface area contributed by atoms with E-state index in [9.17, 15) is 9.59 Å². The standard InChI is InChI=1S/C26H22N2O3/c1-31-20-11-7-10-19(14-20)28-25(29)15-22(26(28)30)23-17-27(16-18-8-3-2-4-9-18)24-13-6-5-12-21(23)24/h2-14,17,22H,15-16H2,1H3/t22-/m0/s1. The lowest BCUT2D eigenvalue weighted by Crippen LogP contribution is -2.30. The lowest BCUT2D eigenvalue weighted by atomic mass is 9.97. The molecule has 0 saturated carbocycles. The Morgan fingerprint density at radius 3 is 2.52 bits per heavy atom. The van der Waals surface area contributed by atoms with Gasteiger partial charge in [-0.05, 0) is 29.3 Å². The average Bonchev–Trinajstić information content (AvgIpc) is 3.31. The Balaban J connectivity index is 1.54. The minimum atomic E-state index is -0.499. The maximum Gasteiger partial charge on any atom is 0.241 e. The number of hydrogen-bond acceptors (Lipinski definition) is 3. The molecule has 2 amide bonds. The molecule has 0 aliphatic carbocycles. The summed E-state index contributed by atoms with van der Waals surface area (Å²) >= 11 is 0. The molecule has 0 N–H and O–H groups in total. The van der Waals surface area contributed by atoms with E-state index >= 15 is 0 Å². The van der Waals surface area contributed by atoms with Gasteiger partial charge in [0.05, 0.1) is 18.7 Å². The van der Waals surface area contributed by atoms with Gasteiger partial charge in [-0.1, -0.05) is 54.6 Å². The van der Waals surface area contributed by atoms with Crippen LogP contribution in [0.25, 0.3) is 10.9 Å². The SMILES string of the molecule is COc1cccc(N2C(=O)C[C@@H](c3cn(Cc4ccccc4)c4ccccc34)C2=O)c1. The number of hydrogen-bond donors (Lipinski definition) is 0. The minimum Gasteiger partial charge on any atom is -0.497 e. The molecular weight excluding hydrogens is 388 g/mol. The number of benzene rings is 3. The third kappa shape index (κ3) is 3.38. The number of carbonyl (C=O) groups excluding carboxylic acids is 2. The summed E-state index contributed by atoms with van der Waals surface area (Å²) in [5, 5.41) is 1.01. The van der Waals surface area contributed by atoms with E-state index in [0.717, 1.165) is 16.5 Å². The molecule has 5 nitrogen and oxygen atoms in total. The van der Waals surface area contributed by atoms with Gasteiger partial charge in [-0.15, -0.1) is 0 Å². The van der Waals surface area contributed by atoms with E-state index in [-0.39, 0.29) is 18.2 Å². The summed E-state index contributed by atoms with van der Waals surface area (Å²) < 4.78 is 7.42. The van der Waals surface area contributed by atoms with Crippen molar-refractivity contribution >= 4 is 28.4 Å². The number of anilines is 1. The number of imide groups is 1. The summed E-state index contributed by atoms with van der Waals surface area (Å²) in [4.78, 5) is 27.5. The maximum absolute atomic E-state index is 13.4. The molecule has 31 heavy (non-hydrogen) atoms. The van der Waals surface area contributed by atoms with Crippen LogP contribution in [0.5, 0.6) is 5.75 Å². The zero-order valence-corrected chi connectivity index (χ0v) is 17.2. The number of nitrogens with zero attached hydrogens (tertiary/aromatic N) is 2. The van der Waals surface area contributed by atoms with Gasteiger partial charge < -0.3 is 9.30 Å². The molecule has 1 aromatic heterocycles. The molecule has 0 radical (unpaired) electrons. The van der Waals surface area contributed by atoms with Gasteiger partial charge in [-0.2, -0.15) is 0 Å². The Bertz CT molecular complexity index is 1280. The van der Waals surface area contributed by atoms with Crippen molar-refractivity contribution in [3.63, 3.8) is 0 Å². The number of aromatic nitrogens is 1. The topological polar surface area (TPSA) is 51.5 Å². The van der Waals surface area contributed by atoms with Crippen LogP contribution in [0.1, 0.15) is 23.5 Å². The molecule has 3 aromatic carbocycles. The van der Waals surface area contributed by atoms with Gasteiger partial charge in [0.2, 0.25) is 11.8 Å². The van der Waals surface area contributed by atoms with Crippen molar-refractivity contribution in [2.45, 2.75) is 18.9 Å². The van der Waals surface area contributed by atoms with Crippen molar-refractivity contribution in [3.05, 3.63) is 96.2 Å². The van der Waals surface area contributed by atoms with Crippen LogP contribution in [-0.2, 0) is 16.1 Å². The summed E-state index contributed by atoms with van der Waals surface area (Å²) in [7, 11) is 1.57. The van der Waals surface area contributed by atoms with E-state index in [4.69, 9.17) is 4.74 Å². The zero-order valence-electron chi connectivity index (χ0n) is 17.2. The second kappa shape index (κ2) is 7.76. The number of carbonyl (C=O) groups is 2. The first-order valence-corrected chi connectivity index (χ1v) is 10.3. The van der Waals surface area contributed by atoms with Gasteiger partial charge in [0.15, 0.2) is 0 Å². The number of amides is 2. The summed E-state index contributed by atoms with van der Waals surface area (Å²) in [5.74, 6) is -0.273. The van der Waals surface area contributed by atoms with Crippen LogP contribution in [0, 0.1) is 0 Å². The molecule has 0 unspecified atom stereocenters. The van der Waals surface area contributed by atoms with Crippen LogP contribution in [-0.4, -0.2) is 23.5 Å². The van der Waals surface area contributed by atoms with E-state index < -0.39 is 5.92 Å². The molecule has 0 bridgehead atoms. The lowest BCUT2D eigenvalue weighted by Gasteiger charge is -2.15. The van der Waals surface area contributed by atoms with Gasteiger partial charge in [-0.25, -0.2) is 4.90 Å². The van der Waals surface area contributed by atoms with Crippen molar-refractivity contribution in [1.29, 1.82) is 0 Å². The van der Waals surface area contributed by atoms with E-state index in [1.54, 1.807) is 31.4 Å². The van der Waals surface area contributed by atoms with E-state index in [0.29, 0.717) is 18.0 Å². The minimum absolute atomic E-state index is 0.162. The van der Waals surface area contributed by atoms with Crippen LogP contribution in [0.3, 0.4) is 0 Å². The van der Waals surface area contributed by atoms with Crippen molar-refractivity contribution < 1.29 is 14.3 Å².